The summed E-state index contributed by atoms with van der Waals surface area (Å²) in [6, 6.07) is 11.3. The van der Waals surface area contributed by atoms with E-state index in [-0.39, 0.29) is 28.2 Å². The number of aromatic hydroxyl groups is 2. The number of carbonyl (C=O) groups is 2. The lowest BCUT2D eigenvalue weighted by atomic mass is 9.76. The Labute approximate surface area is 179 Å². The highest BCUT2D eigenvalue weighted by Gasteiger charge is 2.51. The summed E-state index contributed by atoms with van der Waals surface area (Å²) < 4.78 is 6.02. The highest BCUT2D eigenvalue weighted by Crippen LogP contribution is 2.50. The molecule has 3 aromatic rings. The summed E-state index contributed by atoms with van der Waals surface area (Å²) in [6.07, 6.45) is 0. The van der Waals surface area contributed by atoms with Gasteiger partial charge in [0.25, 0.3) is 0 Å². The number of cyclic esters (lactones) is 1. The van der Waals surface area contributed by atoms with Gasteiger partial charge in [0.15, 0.2) is 5.60 Å². The van der Waals surface area contributed by atoms with Gasteiger partial charge in [0.2, 0.25) is 0 Å². The molecule has 0 aromatic heterocycles. The first-order valence-corrected chi connectivity index (χ1v) is 9.79. The second kappa shape index (κ2) is 6.87. The zero-order valence-electron chi connectivity index (χ0n) is 17.6. The van der Waals surface area contributed by atoms with E-state index in [2.05, 4.69) is 0 Å². The Balaban J connectivity index is 2.20. The lowest BCUT2D eigenvalue weighted by Gasteiger charge is -2.32. The molecule has 0 saturated carbocycles. The summed E-state index contributed by atoms with van der Waals surface area (Å²) in [7, 11) is 0. The van der Waals surface area contributed by atoms with Gasteiger partial charge in [-0.2, -0.15) is 0 Å². The van der Waals surface area contributed by atoms with E-state index in [1.54, 1.807) is 58.0 Å². The van der Waals surface area contributed by atoms with Gasteiger partial charge in [0.1, 0.15) is 11.5 Å². The van der Waals surface area contributed by atoms with Crippen molar-refractivity contribution >= 4 is 11.9 Å². The van der Waals surface area contributed by atoms with E-state index in [9.17, 15) is 24.9 Å². The summed E-state index contributed by atoms with van der Waals surface area (Å²) in [4.78, 5) is 25.1. The van der Waals surface area contributed by atoms with Crippen LogP contribution in [0.4, 0.5) is 0 Å². The van der Waals surface area contributed by atoms with Crippen molar-refractivity contribution in [2.45, 2.75) is 33.3 Å². The van der Waals surface area contributed by atoms with Crippen molar-refractivity contribution in [1.82, 2.24) is 0 Å². The maximum atomic E-state index is 13.0. The smallest absolute Gasteiger partial charge is 0.340 e. The Kier molecular flexibility index (Phi) is 4.54. The highest BCUT2D eigenvalue weighted by molar-refractivity contribution is 6.02. The molecule has 0 atom stereocenters. The van der Waals surface area contributed by atoms with Crippen LogP contribution in [0.15, 0.2) is 42.5 Å². The van der Waals surface area contributed by atoms with E-state index in [1.165, 1.54) is 12.1 Å². The molecule has 0 unspecified atom stereocenters. The van der Waals surface area contributed by atoms with Crippen LogP contribution in [0.25, 0.3) is 0 Å². The first-order chi connectivity index (χ1) is 14.6. The minimum Gasteiger partial charge on any atom is -0.507 e. The number of carboxylic acids is 1. The molecule has 0 fully saturated rings. The van der Waals surface area contributed by atoms with E-state index < -0.39 is 17.5 Å². The van der Waals surface area contributed by atoms with E-state index >= 15 is 0 Å². The molecule has 0 amide bonds. The number of esters is 1. The van der Waals surface area contributed by atoms with Crippen LogP contribution in [0, 0.1) is 27.7 Å². The molecule has 1 heterocycles. The number of rotatable bonds is 3. The number of carbonyl (C=O) groups excluding carboxylic acids is 1. The van der Waals surface area contributed by atoms with E-state index in [4.69, 9.17) is 4.74 Å². The number of hydrogen-bond donors (Lipinski definition) is 3. The van der Waals surface area contributed by atoms with Crippen LogP contribution in [0.5, 0.6) is 11.5 Å². The summed E-state index contributed by atoms with van der Waals surface area (Å²) in [6.45, 7) is 6.92. The van der Waals surface area contributed by atoms with Gasteiger partial charge in [-0.15, -0.1) is 0 Å². The minimum atomic E-state index is -1.55. The van der Waals surface area contributed by atoms with Gasteiger partial charge in [-0.1, -0.05) is 6.07 Å². The summed E-state index contributed by atoms with van der Waals surface area (Å²) in [5, 5.41) is 30.5. The molecule has 3 N–H and O–H groups in total. The average Bonchev–Trinajstić information content (AvgIpc) is 3.03. The van der Waals surface area contributed by atoms with Crippen LogP contribution < -0.4 is 0 Å². The topological polar surface area (TPSA) is 104 Å². The molecule has 6 nitrogen and oxygen atoms in total. The average molecular weight is 418 g/mol. The van der Waals surface area contributed by atoms with Crippen LogP contribution in [0.3, 0.4) is 0 Å². The number of aryl methyl sites for hydroxylation is 4. The number of fused-ring (bicyclic) bond motifs is 1. The first kappa shape index (κ1) is 20.5. The van der Waals surface area contributed by atoms with Gasteiger partial charge in [0.05, 0.1) is 11.1 Å². The number of carboxylic acid groups (broad SMARTS) is 1. The SMILES string of the molecule is Cc1cc(C2(c3cc(C)c(O)c(C)c3)OC(=O)c3cccc(C(=O)O)c32)cc(C)c1O. The monoisotopic (exact) mass is 418 g/mol. The second-order valence-electron chi connectivity index (χ2n) is 8.02. The van der Waals surface area contributed by atoms with E-state index in [0.29, 0.717) is 33.4 Å². The molecule has 158 valence electrons. The van der Waals surface area contributed by atoms with Gasteiger partial charge in [-0.3, -0.25) is 0 Å². The second-order valence-corrected chi connectivity index (χ2v) is 8.02. The fraction of sp³-hybridized carbons (Fsp3) is 0.200. The minimum absolute atomic E-state index is 0.0462. The van der Waals surface area contributed by atoms with Crippen molar-refractivity contribution in [1.29, 1.82) is 0 Å². The Hall–Kier alpha value is -3.80. The number of ether oxygens (including phenoxy) is 1. The molecular formula is C25H22O6. The third kappa shape index (κ3) is 2.86. The fourth-order valence-corrected chi connectivity index (χ4v) is 4.42. The van der Waals surface area contributed by atoms with E-state index in [1.807, 2.05) is 0 Å². The zero-order chi connectivity index (χ0) is 22.7. The normalized spacial score (nSPS) is 14.3. The number of benzene rings is 3. The fourth-order valence-electron chi connectivity index (χ4n) is 4.42. The highest BCUT2D eigenvalue weighted by atomic mass is 16.6. The molecule has 6 heteroatoms. The molecule has 4 rings (SSSR count). The third-order valence-corrected chi connectivity index (χ3v) is 5.91. The lowest BCUT2D eigenvalue weighted by molar-refractivity contribution is 0.0245. The molecule has 31 heavy (non-hydrogen) atoms. The van der Waals surface area contributed by atoms with Crippen LogP contribution in [0.2, 0.25) is 0 Å². The quantitative estimate of drug-likeness (QED) is 0.542. The number of phenols is 2. The van der Waals surface area contributed by atoms with Crippen molar-refractivity contribution in [3.8, 4) is 11.5 Å². The molecular weight excluding hydrogens is 396 g/mol. The van der Waals surface area contributed by atoms with Gasteiger partial charge in [-0.25, -0.2) is 9.59 Å². The number of phenolic OH excluding ortho intramolecular Hbond substituents is 2. The van der Waals surface area contributed by atoms with E-state index in [0.717, 1.165) is 0 Å². The standard InChI is InChI=1S/C25H22O6/c1-12-8-16(9-13(2)21(12)26)25(17-10-14(3)22(27)15(4)11-17)20-18(23(28)29)6-5-7-19(20)24(30)31-25/h5-11,26-27H,1-4H3,(H,28,29). The maximum Gasteiger partial charge on any atom is 0.340 e. The Bertz CT molecular complexity index is 1170. The molecule has 0 spiro atoms. The van der Waals surface area contributed by atoms with Gasteiger partial charge in [-0.05, 0) is 86.3 Å². The Morgan fingerprint density at radius 2 is 1.29 bits per heavy atom. The molecule has 0 bridgehead atoms. The molecule has 0 aliphatic carbocycles. The molecule has 1 aliphatic rings. The summed E-state index contributed by atoms with van der Waals surface area (Å²) in [5.74, 6) is -1.58. The van der Waals surface area contributed by atoms with Crippen molar-refractivity contribution in [3.63, 3.8) is 0 Å². The predicted octanol–water partition coefficient (Wildman–Crippen LogP) is 4.49. The van der Waals surface area contributed by atoms with Crippen molar-refractivity contribution in [2.75, 3.05) is 0 Å². The predicted molar refractivity (Wildman–Crippen MR) is 114 cm³/mol. The van der Waals surface area contributed by atoms with Crippen LogP contribution in [-0.2, 0) is 10.3 Å². The van der Waals surface area contributed by atoms with Crippen molar-refractivity contribution < 1.29 is 29.6 Å². The molecule has 0 radical (unpaired) electrons. The zero-order valence-corrected chi connectivity index (χ0v) is 17.6. The summed E-state index contributed by atoms with van der Waals surface area (Å²) >= 11 is 0. The first-order valence-electron chi connectivity index (χ1n) is 9.79. The summed E-state index contributed by atoms with van der Waals surface area (Å²) in [5.41, 5.74) is 2.13. The third-order valence-electron chi connectivity index (χ3n) is 5.91. The lowest BCUT2D eigenvalue weighted by Crippen LogP contribution is -2.31. The van der Waals surface area contributed by atoms with Crippen molar-refractivity contribution in [2.24, 2.45) is 0 Å². The number of hydrogen-bond acceptors (Lipinski definition) is 5. The van der Waals surface area contributed by atoms with Crippen LogP contribution in [-0.4, -0.2) is 27.3 Å². The van der Waals surface area contributed by atoms with Crippen LogP contribution >= 0.6 is 0 Å². The molecule has 1 aliphatic heterocycles. The van der Waals surface area contributed by atoms with Gasteiger partial charge >= 0.3 is 11.9 Å². The largest absolute Gasteiger partial charge is 0.507 e. The van der Waals surface area contributed by atoms with Crippen molar-refractivity contribution in [3.05, 3.63) is 92.5 Å². The molecule has 3 aromatic carbocycles. The number of aromatic carboxylic acids is 1. The Morgan fingerprint density at radius 1 is 0.839 bits per heavy atom. The maximum absolute atomic E-state index is 13.0. The van der Waals surface area contributed by atoms with Gasteiger partial charge < -0.3 is 20.1 Å². The van der Waals surface area contributed by atoms with Crippen LogP contribution in [0.1, 0.15) is 59.7 Å². The molecule has 0 saturated heterocycles. The Morgan fingerprint density at radius 3 is 1.71 bits per heavy atom. The van der Waals surface area contributed by atoms with Gasteiger partial charge in [0, 0.05) is 16.7 Å².